The molecule has 1 aliphatic carbocycles. The van der Waals surface area contributed by atoms with Gasteiger partial charge in [0.05, 0.1) is 18.8 Å². The number of halogens is 1. The number of ether oxygens (including phenoxy) is 2. The molecule has 1 aromatic carbocycles. The first-order valence-corrected chi connectivity index (χ1v) is 10.4. The second-order valence-corrected chi connectivity index (χ2v) is 10.6. The molecular formula is C18H26BrNO3S. The van der Waals surface area contributed by atoms with Crippen molar-refractivity contribution in [2.75, 3.05) is 13.2 Å². The van der Waals surface area contributed by atoms with Crippen LogP contribution in [0, 0.1) is 0 Å². The van der Waals surface area contributed by atoms with Crippen LogP contribution < -0.4 is 4.72 Å². The van der Waals surface area contributed by atoms with Crippen molar-refractivity contribution in [3.05, 3.63) is 34.3 Å². The number of benzene rings is 1. The topological polar surface area (TPSA) is 53.5 Å². The maximum absolute atomic E-state index is 12.8. The smallest absolute Gasteiger partial charge is 0.168 e. The third-order valence-electron chi connectivity index (χ3n) is 4.90. The fraction of sp³-hybridized carbons (Fsp3) is 0.667. The lowest BCUT2D eigenvalue weighted by atomic mass is 9.75. The van der Waals surface area contributed by atoms with Crippen molar-refractivity contribution < 1.29 is 14.0 Å². The normalized spacial score (nSPS) is 24.2. The quantitative estimate of drug-likeness (QED) is 0.757. The summed E-state index contributed by atoms with van der Waals surface area (Å²) in [5.74, 6) is -0.430. The van der Waals surface area contributed by atoms with Gasteiger partial charge in [0.2, 0.25) is 0 Å². The van der Waals surface area contributed by atoms with Gasteiger partial charge in [-0.2, -0.15) is 0 Å². The Morgan fingerprint density at radius 2 is 1.75 bits per heavy atom. The van der Waals surface area contributed by atoms with E-state index in [-0.39, 0.29) is 10.3 Å². The molecule has 6 heteroatoms. The van der Waals surface area contributed by atoms with Crippen LogP contribution in [0.2, 0.25) is 0 Å². The highest BCUT2D eigenvalue weighted by molar-refractivity contribution is 9.10. The van der Waals surface area contributed by atoms with Crippen molar-refractivity contribution in [3.8, 4) is 0 Å². The molecular weight excluding hydrogens is 390 g/mol. The zero-order valence-corrected chi connectivity index (χ0v) is 17.0. The second kappa shape index (κ2) is 6.89. The fourth-order valence-corrected chi connectivity index (χ4v) is 4.79. The second-order valence-electron chi connectivity index (χ2n) is 7.68. The van der Waals surface area contributed by atoms with Crippen LogP contribution in [0.5, 0.6) is 0 Å². The Kier molecular flexibility index (Phi) is 5.36. The molecule has 4 nitrogen and oxygen atoms in total. The Morgan fingerprint density at radius 3 is 2.29 bits per heavy atom. The van der Waals surface area contributed by atoms with Crippen LogP contribution in [-0.4, -0.2) is 28.3 Å². The average Bonchev–Trinajstić information content (AvgIpc) is 2.98. The lowest BCUT2D eigenvalue weighted by Gasteiger charge is -2.45. The van der Waals surface area contributed by atoms with E-state index in [1.807, 2.05) is 32.9 Å². The molecule has 134 valence electrons. The van der Waals surface area contributed by atoms with Crippen LogP contribution in [0.25, 0.3) is 0 Å². The molecule has 0 aromatic heterocycles. The Labute approximate surface area is 156 Å². The van der Waals surface area contributed by atoms with Crippen molar-refractivity contribution in [2.45, 2.75) is 62.5 Å². The van der Waals surface area contributed by atoms with Gasteiger partial charge in [-0.3, -0.25) is 0 Å². The van der Waals surface area contributed by atoms with E-state index in [1.54, 1.807) is 0 Å². The third-order valence-corrected chi connectivity index (χ3v) is 7.08. The first kappa shape index (κ1) is 18.7. The summed E-state index contributed by atoms with van der Waals surface area (Å²) in [4.78, 5) is 0. The van der Waals surface area contributed by atoms with Crippen LogP contribution in [0.4, 0.5) is 0 Å². The van der Waals surface area contributed by atoms with Gasteiger partial charge in [0.1, 0.15) is 4.75 Å². The maximum atomic E-state index is 12.8. The Bertz CT molecular complexity index is 574. The standard InChI is InChI=1S/C18H26BrNO3S/c1-16(2,3)24(21)20-17(14-5-4-6-15(19)13-14)7-9-18(10-8-17)22-11-12-23-18/h4-6,13,20H,7-12H2,1-3H3. The molecule has 1 saturated heterocycles. The van der Waals surface area contributed by atoms with Crippen LogP contribution in [-0.2, 0) is 26.4 Å². The summed E-state index contributed by atoms with van der Waals surface area (Å²) >= 11 is 2.42. The van der Waals surface area contributed by atoms with Gasteiger partial charge in [-0.25, -0.2) is 0 Å². The van der Waals surface area contributed by atoms with Crippen LogP contribution in [0.1, 0.15) is 52.0 Å². The predicted octanol–water partition coefficient (Wildman–Crippen LogP) is 4.01. The molecule has 3 rings (SSSR count). The van der Waals surface area contributed by atoms with E-state index in [0.717, 1.165) is 30.2 Å². The summed E-state index contributed by atoms with van der Waals surface area (Å²) in [5.41, 5.74) is 0.852. The van der Waals surface area contributed by atoms with E-state index in [0.29, 0.717) is 13.2 Å². The number of nitrogens with one attached hydrogen (secondary N) is 1. The molecule has 1 unspecified atom stereocenters. The van der Waals surface area contributed by atoms with Gasteiger partial charge in [-0.05, 0) is 51.3 Å². The molecule has 0 bridgehead atoms. The van der Waals surface area contributed by atoms with Crippen LogP contribution >= 0.6 is 15.9 Å². The minimum Gasteiger partial charge on any atom is -0.598 e. The predicted molar refractivity (Wildman–Crippen MR) is 100.0 cm³/mol. The third kappa shape index (κ3) is 3.84. The molecule has 1 N–H and O–H groups in total. The number of hydrogen-bond donors (Lipinski definition) is 1. The minimum absolute atomic E-state index is 0.311. The molecule has 2 aliphatic rings. The summed E-state index contributed by atoms with van der Waals surface area (Å²) < 4.78 is 28.8. The van der Waals surface area contributed by atoms with Crippen molar-refractivity contribution in [3.63, 3.8) is 0 Å². The maximum Gasteiger partial charge on any atom is 0.168 e. The zero-order chi connectivity index (χ0) is 17.4. The summed E-state index contributed by atoms with van der Waals surface area (Å²) in [7, 11) is 0. The van der Waals surface area contributed by atoms with E-state index in [9.17, 15) is 4.55 Å². The van der Waals surface area contributed by atoms with Crippen LogP contribution in [0.15, 0.2) is 28.7 Å². The number of rotatable bonds is 3. The van der Waals surface area contributed by atoms with Gasteiger partial charge in [0.15, 0.2) is 5.79 Å². The summed E-state index contributed by atoms with van der Waals surface area (Å²) in [6.45, 7) is 7.34. The number of hydrogen-bond acceptors (Lipinski definition) is 4. The molecule has 2 fully saturated rings. The molecule has 0 amide bonds. The minimum atomic E-state index is -1.14. The highest BCUT2D eigenvalue weighted by Crippen LogP contribution is 2.46. The lowest BCUT2D eigenvalue weighted by Crippen LogP contribution is -2.55. The monoisotopic (exact) mass is 415 g/mol. The van der Waals surface area contributed by atoms with E-state index in [1.165, 1.54) is 5.56 Å². The molecule has 0 radical (unpaired) electrons. The van der Waals surface area contributed by atoms with E-state index >= 15 is 0 Å². The zero-order valence-electron chi connectivity index (χ0n) is 14.6. The van der Waals surface area contributed by atoms with Gasteiger partial charge in [-0.1, -0.05) is 28.1 Å². The SMILES string of the molecule is CC(C)(C)[S+]([O-])NC1(c2cccc(Br)c2)CCC2(CC1)OCCO2. The summed E-state index contributed by atoms with van der Waals surface area (Å²) in [6, 6.07) is 8.30. The van der Waals surface area contributed by atoms with E-state index < -0.39 is 17.1 Å². The molecule has 24 heavy (non-hydrogen) atoms. The van der Waals surface area contributed by atoms with E-state index in [2.05, 4.69) is 32.8 Å². The lowest BCUT2D eigenvalue weighted by molar-refractivity contribution is -0.186. The van der Waals surface area contributed by atoms with Crippen molar-refractivity contribution in [1.82, 2.24) is 4.72 Å². The van der Waals surface area contributed by atoms with Crippen LogP contribution in [0.3, 0.4) is 0 Å². The molecule has 1 aliphatic heterocycles. The Balaban J connectivity index is 1.87. The summed E-state index contributed by atoms with van der Waals surface area (Å²) in [6.07, 6.45) is 3.30. The molecule has 1 heterocycles. The fourth-order valence-electron chi connectivity index (χ4n) is 3.41. The van der Waals surface area contributed by atoms with Crippen molar-refractivity contribution in [1.29, 1.82) is 0 Å². The van der Waals surface area contributed by atoms with Gasteiger partial charge in [0.25, 0.3) is 0 Å². The highest BCUT2D eigenvalue weighted by Gasteiger charge is 2.50. The Morgan fingerprint density at radius 1 is 1.12 bits per heavy atom. The molecule has 1 atom stereocenters. The van der Waals surface area contributed by atoms with Crippen molar-refractivity contribution in [2.24, 2.45) is 0 Å². The van der Waals surface area contributed by atoms with Gasteiger partial charge in [-0.15, -0.1) is 4.72 Å². The van der Waals surface area contributed by atoms with Gasteiger partial charge in [0, 0.05) is 28.7 Å². The average molecular weight is 416 g/mol. The van der Waals surface area contributed by atoms with E-state index in [4.69, 9.17) is 9.47 Å². The Hall–Kier alpha value is -0.110. The van der Waals surface area contributed by atoms with Gasteiger partial charge < -0.3 is 14.0 Å². The van der Waals surface area contributed by atoms with Crippen molar-refractivity contribution >= 4 is 27.3 Å². The summed E-state index contributed by atoms with van der Waals surface area (Å²) in [5, 5.41) is 0. The molecule has 1 aromatic rings. The van der Waals surface area contributed by atoms with Gasteiger partial charge >= 0.3 is 0 Å². The first-order chi connectivity index (χ1) is 11.2. The molecule has 1 saturated carbocycles. The highest BCUT2D eigenvalue weighted by atomic mass is 79.9. The largest absolute Gasteiger partial charge is 0.598 e. The first-order valence-electron chi connectivity index (χ1n) is 8.49. The molecule has 1 spiro atoms.